The number of benzene rings is 1. The molecule has 130 valence electrons. The molecular weight excluding hydrogens is 328 g/mol. The number of carbonyl (C=O) groups excluding carboxylic acids is 1. The monoisotopic (exact) mass is 350 g/mol. The Morgan fingerprint density at radius 1 is 1.46 bits per heavy atom. The minimum absolute atomic E-state index is 0. The molecule has 2 aromatic rings. The summed E-state index contributed by atoms with van der Waals surface area (Å²) >= 11 is 0. The van der Waals surface area contributed by atoms with E-state index in [1.54, 1.807) is 17.9 Å². The SMILES string of the molecule is CNC(C(=O)NCC1CCOc2ccccc21)c1cnn(C)c1.Cl. The number of amides is 1. The van der Waals surface area contributed by atoms with Gasteiger partial charge in [-0.05, 0) is 25.1 Å². The maximum atomic E-state index is 12.5. The van der Waals surface area contributed by atoms with Gasteiger partial charge in [-0.3, -0.25) is 9.48 Å². The minimum atomic E-state index is -0.390. The van der Waals surface area contributed by atoms with Crippen molar-refractivity contribution in [2.75, 3.05) is 20.2 Å². The molecule has 0 radical (unpaired) electrons. The molecule has 1 aliphatic heterocycles. The van der Waals surface area contributed by atoms with E-state index in [0.717, 1.165) is 17.7 Å². The van der Waals surface area contributed by atoms with Gasteiger partial charge in [0.05, 0.1) is 12.8 Å². The fourth-order valence-corrected chi connectivity index (χ4v) is 2.99. The molecule has 0 saturated heterocycles. The zero-order chi connectivity index (χ0) is 16.2. The van der Waals surface area contributed by atoms with Gasteiger partial charge in [0.2, 0.25) is 5.91 Å². The van der Waals surface area contributed by atoms with Gasteiger partial charge >= 0.3 is 0 Å². The van der Waals surface area contributed by atoms with Gasteiger partial charge in [0.1, 0.15) is 11.8 Å². The summed E-state index contributed by atoms with van der Waals surface area (Å²) in [4.78, 5) is 12.5. The number of nitrogens with zero attached hydrogens (tertiary/aromatic N) is 2. The molecule has 7 heteroatoms. The fraction of sp³-hybridized carbons (Fsp3) is 0.412. The van der Waals surface area contributed by atoms with Crippen LogP contribution in [-0.2, 0) is 11.8 Å². The van der Waals surface area contributed by atoms with Crippen LogP contribution in [0.4, 0.5) is 0 Å². The lowest BCUT2D eigenvalue weighted by Gasteiger charge is -2.26. The van der Waals surface area contributed by atoms with Crippen LogP contribution in [0.3, 0.4) is 0 Å². The van der Waals surface area contributed by atoms with Crippen LogP contribution >= 0.6 is 12.4 Å². The average molecular weight is 351 g/mol. The molecule has 24 heavy (non-hydrogen) atoms. The smallest absolute Gasteiger partial charge is 0.241 e. The molecule has 0 saturated carbocycles. The standard InChI is InChI=1S/C17H22N4O2.ClH/c1-18-16(13-10-20-21(2)11-13)17(22)19-9-12-7-8-23-15-6-4-3-5-14(12)15;/h3-6,10-12,16,18H,7-9H2,1-2H3,(H,19,22);1H. The Balaban J connectivity index is 0.00000208. The van der Waals surface area contributed by atoms with Crippen molar-refractivity contribution in [2.24, 2.45) is 7.05 Å². The minimum Gasteiger partial charge on any atom is -0.493 e. The van der Waals surface area contributed by atoms with E-state index in [4.69, 9.17) is 4.74 Å². The van der Waals surface area contributed by atoms with Crippen LogP contribution in [0.25, 0.3) is 0 Å². The number of likely N-dealkylation sites (N-methyl/N-ethyl adjacent to an activating group) is 1. The second-order valence-corrected chi connectivity index (χ2v) is 5.79. The molecule has 1 aliphatic rings. The van der Waals surface area contributed by atoms with Gasteiger partial charge in [-0.25, -0.2) is 0 Å². The zero-order valence-electron chi connectivity index (χ0n) is 13.9. The van der Waals surface area contributed by atoms with Crippen molar-refractivity contribution in [3.05, 3.63) is 47.8 Å². The Kier molecular flexibility index (Phi) is 6.23. The van der Waals surface area contributed by atoms with E-state index in [-0.39, 0.29) is 24.2 Å². The van der Waals surface area contributed by atoms with Gasteiger partial charge in [-0.2, -0.15) is 5.10 Å². The molecule has 0 bridgehead atoms. The van der Waals surface area contributed by atoms with Gasteiger partial charge in [-0.15, -0.1) is 12.4 Å². The van der Waals surface area contributed by atoms with Gasteiger partial charge < -0.3 is 15.4 Å². The summed E-state index contributed by atoms with van der Waals surface area (Å²) in [5, 5.41) is 10.2. The first-order valence-electron chi connectivity index (χ1n) is 7.84. The quantitative estimate of drug-likeness (QED) is 0.862. The molecule has 1 amide bonds. The van der Waals surface area contributed by atoms with Crippen LogP contribution in [0.1, 0.15) is 29.5 Å². The van der Waals surface area contributed by atoms with Crippen LogP contribution in [-0.4, -0.2) is 35.9 Å². The van der Waals surface area contributed by atoms with E-state index in [9.17, 15) is 4.79 Å². The van der Waals surface area contributed by atoms with Crippen molar-refractivity contribution in [2.45, 2.75) is 18.4 Å². The molecule has 1 aromatic carbocycles. The van der Waals surface area contributed by atoms with Gasteiger partial charge in [0, 0.05) is 31.3 Å². The molecule has 2 atom stereocenters. The van der Waals surface area contributed by atoms with E-state index >= 15 is 0 Å². The Morgan fingerprint density at radius 2 is 2.25 bits per heavy atom. The van der Waals surface area contributed by atoms with Crippen LogP contribution in [0.15, 0.2) is 36.7 Å². The number of hydrogen-bond acceptors (Lipinski definition) is 4. The van der Waals surface area contributed by atoms with Crippen molar-refractivity contribution in [1.82, 2.24) is 20.4 Å². The number of hydrogen-bond donors (Lipinski definition) is 2. The van der Waals surface area contributed by atoms with Crippen LogP contribution in [0.5, 0.6) is 5.75 Å². The lowest BCUT2D eigenvalue weighted by atomic mass is 9.93. The Morgan fingerprint density at radius 3 is 2.96 bits per heavy atom. The lowest BCUT2D eigenvalue weighted by molar-refractivity contribution is -0.123. The van der Waals surface area contributed by atoms with Crippen molar-refractivity contribution < 1.29 is 9.53 Å². The number of nitrogens with one attached hydrogen (secondary N) is 2. The average Bonchev–Trinajstić information content (AvgIpc) is 2.99. The molecule has 2 N–H and O–H groups in total. The highest BCUT2D eigenvalue weighted by atomic mass is 35.5. The zero-order valence-corrected chi connectivity index (χ0v) is 14.7. The van der Waals surface area contributed by atoms with E-state index in [1.807, 2.05) is 31.4 Å². The maximum absolute atomic E-state index is 12.5. The van der Waals surface area contributed by atoms with Crippen molar-refractivity contribution in [3.63, 3.8) is 0 Å². The molecule has 0 fully saturated rings. The van der Waals surface area contributed by atoms with Gasteiger partial charge in [-0.1, -0.05) is 18.2 Å². The topological polar surface area (TPSA) is 68.2 Å². The third-order valence-electron chi connectivity index (χ3n) is 4.21. The molecule has 3 rings (SSSR count). The largest absolute Gasteiger partial charge is 0.493 e. The number of para-hydroxylation sites is 1. The summed E-state index contributed by atoms with van der Waals surface area (Å²) in [6.07, 6.45) is 4.48. The first-order valence-corrected chi connectivity index (χ1v) is 7.84. The van der Waals surface area contributed by atoms with Crippen LogP contribution in [0.2, 0.25) is 0 Å². The number of aromatic nitrogens is 2. The Labute approximate surface area is 148 Å². The van der Waals surface area contributed by atoms with Crippen molar-refractivity contribution in [3.8, 4) is 5.75 Å². The van der Waals surface area contributed by atoms with Crippen LogP contribution < -0.4 is 15.4 Å². The second-order valence-electron chi connectivity index (χ2n) is 5.79. The molecule has 0 spiro atoms. The summed E-state index contributed by atoms with van der Waals surface area (Å²) in [5.74, 6) is 1.18. The Bertz CT molecular complexity index is 689. The van der Waals surface area contributed by atoms with E-state index in [2.05, 4.69) is 21.8 Å². The van der Waals surface area contributed by atoms with Crippen molar-refractivity contribution in [1.29, 1.82) is 0 Å². The van der Waals surface area contributed by atoms with Gasteiger partial charge in [0.15, 0.2) is 0 Å². The summed E-state index contributed by atoms with van der Waals surface area (Å²) in [7, 11) is 3.62. The normalized spacial score (nSPS) is 17.2. The second kappa shape index (κ2) is 8.17. The molecule has 0 aliphatic carbocycles. The summed E-state index contributed by atoms with van der Waals surface area (Å²) in [5.41, 5.74) is 2.03. The maximum Gasteiger partial charge on any atom is 0.241 e. The first kappa shape index (κ1) is 18.3. The van der Waals surface area contributed by atoms with Crippen molar-refractivity contribution >= 4 is 18.3 Å². The van der Waals surface area contributed by atoms with E-state index < -0.39 is 6.04 Å². The number of rotatable bonds is 5. The number of fused-ring (bicyclic) bond motifs is 1. The van der Waals surface area contributed by atoms with Crippen LogP contribution in [0, 0.1) is 0 Å². The highest BCUT2D eigenvalue weighted by Crippen LogP contribution is 2.32. The predicted octanol–water partition coefficient (Wildman–Crippen LogP) is 1.78. The number of halogens is 1. The molecule has 6 nitrogen and oxygen atoms in total. The number of carbonyl (C=O) groups is 1. The first-order chi connectivity index (χ1) is 11.2. The number of aryl methyl sites for hydroxylation is 1. The predicted molar refractivity (Wildman–Crippen MR) is 94.6 cm³/mol. The third kappa shape index (κ3) is 3.88. The Hall–Kier alpha value is -2.05. The summed E-state index contributed by atoms with van der Waals surface area (Å²) < 4.78 is 7.36. The highest BCUT2D eigenvalue weighted by Gasteiger charge is 2.24. The summed E-state index contributed by atoms with van der Waals surface area (Å²) in [6.45, 7) is 1.30. The van der Waals surface area contributed by atoms with E-state index in [0.29, 0.717) is 13.2 Å². The molecular formula is C17H23ClN4O2. The highest BCUT2D eigenvalue weighted by molar-refractivity contribution is 5.85. The lowest BCUT2D eigenvalue weighted by Crippen LogP contribution is -2.38. The third-order valence-corrected chi connectivity index (χ3v) is 4.21. The molecule has 1 aromatic heterocycles. The van der Waals surface area contributed by atoms with Gasteiger partial charge in [0.25, 0.3) is 0 Å². The van der Waals surface area contributed by atoms with E-state index in [1.165, 1.54) is 5.56 Å². The summed E-state index contributed by atoms with van der Waals surface area (Å²) in [6, 6.07) is 7.64. The number of ether oxygens (including phenoxy) is 1. The fourth-order valence-electron chi connectivity index (χ4n) is 2.99. The molecule has 2 heterocycles. The molecule has 2 unspecified atom stereocenters.